The highest BCUT2D eigenvalue weighted by molar-refractivity contribution is 6.31. The third-order valence-electron chi connectivity index (χ3n) is 4.69. The Labute approximate surface area is 147 Å². The zero-order valence-corrected chi connectivity index (χ0v) is 14.3. The van der Waals surface area contributed by atoms with E-state index in [9.17, 15) is 0 Å². The number of nitrogens with zero attached hydrogens (tertiary/aromatic N) is 4. The Hall–Kier alpha value is -1.88. The highest BCUT2D eigenvalue weighted by Gasteiger charge is 2.26. The molecule has 2 aromatic rings. The van der Waals surface area contributed by atoms with Crippen molar-refractivity contribution in [2.45, 2.75) is 31.6 Å². The summed E-state index contributed by atoms with van der Waals surface area (Å²) in [5.41, 5.74) is 1.14. The van der Waals surface area contributed by atoms with Crippen LogP contribution in [0, 0.1) is 5.92 Å². The minimum Gasteiger partial charge on any atom is -0.476 e. The molecule has 1 atom stereocenters. The first-order chi connectivity index (χ1) is 11.8. The molecule has 6 heteroatoms. The van der Waals surface area contributed by atoms with Crippen LogP contribution in [0.4, 0.5) is 5.82 Å². The number of halogens is 1. The number of hydrogen-bond donors (Lipinski definition) is 0. The van der Waals surface area contributed by atoms with Crippen LogP contribution in [0.25, 0.3) is 0 Å². The van der Waals surface area contributed by atoms with Crippen LogP contribution in [0.2, 0.25) is 5.02 Å². The van der Waals surface area contributed by atoms with Crippen molar-refractivity contribution in [2.24, 2.45) is 5.92 Å². The van der Waals surface area contributed by atoms with Crippen LogP contribution >= 0.6 is 11.6 Å². The van der Waals surface area contributed by atoms with Gasteiger partial charge in [0.1, 0.15) is 5.02 Å². The van der Waals surface area contributed by atoms with Crippen molar-refractivity contribution < 1.29 is 4.74 Å². The summed E-state index contributed by atoms with van der Waals surface area (Å²) >= 11 is 6.10. The van der Waals surface area contributed by atoms with Gasteiger partial charge in [-0.05, 0) is 49.9 Å². The topological polar surface area (TPSA) is 51.1 Å². The first-order valence-electron chi connectivity index (χ1n) is 8.61. The van der Waals surface area contributed by atoms with Gasteiger partial charge in [-0.2, -0.15) is 5.10 Å². The van der Waals surface area contributed by atoms with Crippen molar-refractivity contribution in [3.8, 4) is 5.88 Å². The van der Waals surface area contributed by atoms with Gasteiger partial charge in [0.15, 0.2) is 5.82 Å². The maximum atomic E-state index is 6.10. The Bertz CT molecular complexity index is 690. The van der Waals surface area contributed by atoms with Crippen LogP contribution in [0.3, 0.4) is 0 Å². The first-order valence-corrected chi connectivity index (χ1v) is 8.99. The number of hydrogen-bond acceptors (Lipinski definition) is 5. The summed E-state index contributed by atoms with van der Waals surface area (Å²) < 4.78 is 5.81. The lowest BCUT2D eigenvalue weighted by Gasteiger charge is -2.33. The van der Waals surface area contributed by atoms with Gasteiger partial charge in [0.25, 0.3) is 0 Å². The molecule has 2 fully saturated rings. The minimum atomic E-state index is 0.446. The lowest BCUT2D eigenvalue weighted by molar-refractivity contribution is 0.221. The molecule has 0 bridgehead atoms. The summed E-state index contributed by atoms with van der Waals surface area (Å²) in [5, 5.41) is 9.39. The van der Waals surface area contributed by atoms with Gasteiger partial charge in [0.05, 0.1) is 12.3 Å². The van der Waals surface area contributed by atoms with E-state index in [0.29, 0.717) is 29.3 Å². The van der Waals surface area contributed by atoms with Crippen molar-refractivity contribution >= 4 is 17.4 Å². The van der Waals surface area contributed by atoms with E-state index >= 15 is 0 Å². The summed E-state index contributed by atoms with van der Waals surface area (Å²) in [5.74, 6) is 2.59. The molecule has 4 rings (SSSR count). The number of piperidine rings is 1. The summed E-state index contributed by atoms with van der Waals surface area (Å²) in [6.45, 7) is 2.58. The molecule has 1 aliphatic carbocycles. The van der Waals surface area contributed by atoms with E-state index < -0.39 is 0 Å². The monoisotopic (exact) mass is 344 g/mol. The normalized spacial score (nSPS) is 20.9. The molecular formula is C18H21ClN4O. The van der Waals surface area contributed by atoms with Crippen molar-refractivity contribution in [3.63, 3.8) is 0 Å². The molecule has 1 saturated heterocycles. The minimum absolute atomic E-state index is 0.446. The van der Waals surface area contributed by atoms with Gasteiger partial charge in [-0.3, -0.25) is 0 Å². The maximum absolute atomic E-state index is 6.10. The van der Waals surface area contributed by atoms with Crippen LogP contribution in [0.5, 0.6) is 5.88 Å². The van der Waals surface area contributed by atoms with Crippen LogP contribution in [-0.4, -0.2) is 34.9 Å². The second kappa shape index (κ2) is 6.93. The van der Waals surface area contributed by atoms with E-state index in [4.69, 9.17) is 16.3 Å². The Morgan fingerprint density at radius 2 is 2.08 bits per heavy atom. The van der Waals surface area contributed by atoms with Crippen LogP contribution in [-0.2, 0) is 0 Å². The number of aromatic nitrogens is 3. The summed E-state index contributed by atoms with van der Waals surface area (Å²) in [6, 6.07) is 7.85. The second-order valence-corrected chi connectivity index (χ2v) is 7.05. The largest absolute Gasteiger partial charge is 0.476 e. The fourth-order valence-corrected chi connectivity index (χ4v) is 3.36. The van der Waals surface area contributed by atoms with Crippen LogP contribution in [0.1, 0.15) is 37.3 Å². The predicted octanol–water partition coefficient (Wildman–Crippen LogP) is 3.70. The van der Waals surface area contributed by atoms with Crippen LogP contribution < -0.4 is 9.64 Å². The van der Waals surface area contributed by atoms with Gasteiger partial charge >= 0.3 is 0 Å². The Kier molecular flexibility index (Phi) is 4.52. The number of ether oxygens (including phenoxy) is 1. The van der Waals surface area contributed by atoms with Gasteiger partial charge in [-0.25, -0.2) is 4.98 Å². The maximum Gasteiger partial charge on any atom is 0.232 e. The quantitative estimate of drug-likeness (QED) is 0.827. The Morgan fingerprint density at radius 1 is 1.17 bits per heavy atom. The van der Waals surface area contributed by atoms with Gasteiger partial charge in [0, 0.05) is 31.1 Å². The average Bonchev–Trinajstić information content (AvgIpc) is 3.47. The molecule has 5 nitrogen and oxygen atoms in total. The van der Waals surface area contributed by atoms with E-state index in [1.165, 1.54) is 12.8 Å². The number of rotatable bonds is 5. The molecule has 24 heavy (non-hydrogen) atoms. The van der Waals surface area contributed by atoms with Crippen molar-refractivity contribution in [2.75, 3.05) is 24.6 Å². The SMILES string of the molecule is Clc1cccnc1OCC1CCCN(c2ccc(C3CC3)nn2)C1. The van der Waals surface area contributed by atoms with Crippen molar-refractivity contribution in [1.29, 1.82) is 0 Å². The third kappa shape index (κ3) is 3.61. The zero-order chi connectivity index (χ0) is 16.4. The fraction of sp³-hybridized carbons (Fsp3) is 0.500. The van der Waals surface area contributed by atoms with Crippen molar-refractivity contribution in [1.82, 2.24) is 15.2 Å². The molecule has 2 aromatic heterocycles. The summed E-state index contributed by atoms with van der Waals surface area (Å²) in [7, 11) is 0. The molecule has 0 N–H and O–H groups in total. The zero-order valence-electron chi connectivity index (χ0n) is 13.6. The lowest BCUT2D eigenvalue weighted by Crippen LogP contribution is -2.38. The van der Waals surface area contributed by atoms with Crippen LogP contribution in [0.15, 0.2) is 30.5 Å². The molecule has 0 radical (unpaired) electrons. The molecule has 1 aliphatic heterocycles. The smallest absolute Gasteiger partial charge is 0.232 e. The average molecular weight is 345 g/mol. The molecule has 1 unspecified atom stereocenters. The third-order valence-corrected chi connectivity index (χ3v) is 4.98. The molecule has 3 heterocycles. The van der Waals surface area contributed by atoms with Gasteiger partial charge in [-0.1, -0.05) is 11.6 Å². The molecule has 1 saturated carbocycles. The summed E-state index contributed by atoms with van der Waals surface area (Å²) in [4.78, 5) is 6.49. The molecule has 0 amide bonds. The molecule has 0 aromatic carbocycles. The standard InChI is InChI=1S/C18H21ClN4O/c19-15-4-1-9-20-18(15)24-12-13-3-2-10-23(11-13)17-8-7-16(21-22-17)14-5-6-14/h1,4,7-9,13-14H,2-3,5-6,10-12H2. The molecule has 0 spiro atoms. The van der Waals surface area contributed by atoms with E-state index in [1.54, 1.807) is 12.3 Å². The fourth-order valence-electron chi connectivity index (χ4n) is 3.18. The molecular weight excluding hydrogens is 324 g/mol. The molecule has 2 aliphatic rings. The van der Waals surface area contributed by atoms with Gasteiger partial charge in [0.2, 0.25) is 5.88 Å². The number of anilines is 1. The number of pyridine rings is 1. The summed E-state index contributed by atoms with van der Waals surface area (Å²) in [6.07, 6.45) is 6.50. The Balaban J connectivity index is 1.35. The lowest BCUT2D eigenvalue weighted by atomic mass is 9.99. The van der Waals surface area contributed by atoms with Gasteiger partial charge in [-0.15, -0.1) is 5.10 Å². The van der Waals surface area contributed by atoms with E-state index in [0.717, 1.165) is 37.4 Å². The highest BCUT2D eigenvalue weighted by Crippen LogP contribution is 2.38. The van der Waals surface area contributed by atoms with E-state index in [1.807, 2.05) is 6.07 Å². The van der Waals surface area contributed by atoms with E-state index in [-0.39, 0.29) is 0 Å². The second-order valence-electron chi connectivity index (χ2n) is 6.65. The molecule has 126 valence electrons. The highest BCUT2D eigenvalue weighted by atomic mass is 35.5. The van der Waals surface area contributed by atoms with E-state index in [2.05, 4.69) is 32.2 Å². The Morgan fingerprint density at radius 3 is 2.83 bits per heavy atom. The van der Waals surface area contributed by atoms with Crippen molar-refractivity contribution in [3.05, 3.63) is 41.2 Å². The predicted molar refractivity (Wildman–Crippen MR) is 93.7 cm³/mol. The first kappa shape index (κ1) is 15.6. The van der Waals surface area contributed by atoms with Gasteiger partial charge < -0.3 is 9.64 Å².